The molecule has 0 unspecified atom stereocenters. The maximum absolute atomic E-state index is 12.0. The minimum atomic E-state index is -1.77. The molecule has 0 saturated heterocycles. The summed E-state index contributed by atoms with van der Waals surface area (Å²) < 4.78 is 19.2. The number of ketones is 1. The monoisotopic (exact) mass is 466 g/mol. The van der Waals surface area contributed by atoms with E-state index in [1.54, 1.807) is 13.3 Å². The van der Waals surface area contributed by atoms with Gasteiger partial charge in [-0.3, -0.25) is 9.36 Å². The van der Waals surface area contributed by atoms with Gasteiger partial charge in [-0.1, -0.05) is 20.8 Å². The van der Waals surface area contributed by atoms with Gasteiger partial charge in [0.1, 0.15) is 29.6 Å². The summed E-state index contributed by atoms with van der Waals surface area (Å²) >= 11 is 0. The van der Waals surface area contributed by atoms with Gasteiger partial charge in [0.15, 0.2) is 14.1 Å². The van der Waals surface area contributed by atoms with Crippen molar-refractivity contribution in [2.45, 2.75) is 45.8 Å². The van der Waals surface area contributed by atoms with E-state index in [9.17, 15) is 4.79 Å². The molecule has 0 spiro atoms. The van der Waals surface area contributed by atoms with Crippen molar-refractivity contribution in [2.75, 3.05) is 20.3 Å². The Labute approximate surface area is 197 Å². The molecule has 0 aliphatic carbocycles. The lowest BCUT2D eigenvalue weighted by Crippen LogP contribution is -2.41. The van der Waals surface area contributed by atoms with Crippen LogP contribution in [-0.2, 0) is 4.43 Å². The van der Waals surface area contributed by atoms with Gasteiger partial charge in [0.05, 0.1) is 13.7 Å². The number of nitrogens with zero attached hydrogens (tertiary/aromatic N) is 2. The van der Waals surface area contributed by atoms with Crippen molar-refractivity contribution < 1.29 is 18.7 Å². The first-order valence-electron chi connectivity index (χ1n) is 11.1. The molecule has 0 aliphatic heterocycles. The Morgan fingerprint density at radius 1 is 0.970 bits per heavy atom. The maximum Gasteiger partial charge on any atom is 0.192 e. The van der Waals surface area contributed by atoms with Crippen LogP contribution in [0.1, 0.15) is 38.2 Å². The van der Waals surface area contributed by atoms with Crippen molar-refractivity contribution in [3.05, 3.63) is 60.4 Å². The van der Waals surface area contributed by atoms with Gasteiger partial charge in [-0.25, -0.2) is 4.98 Å². The molecule has 1 heterocycles. The predicted molar refractivity (Wildman–Crippen MR) is 134 cm³/mol. The molecule has 0 fully saturated rings. The summed E-state index contributed by atoms with van der Waals surface area (Å²) in [6.07, 6.45) is 1.77. The van der Waals surface area contributed by atoms with E-state index in [4.69, 9.17) is 13.9 Å². The molecule has 0 amide bonds. The summed E-state index contributed by atoms with van der Waals surface area (Å²) in [5, 5.41) is 0.180. The van der Waals surface area contributed by atoms with E-state index in [0.717, 1.165) is 22.7 Å². The zero-order valence-corrected chi connectivity index (χ0v) is 21.6. The molecule has 2 aromatic carbocycles. The second-order valence-corrected chi connectivity index (χ2v) is 14.4. The van der Waals surface area contributed by atoms with E-state index < -0.39 is 8.32 Å². The van der Waals surface area contributed by atoms with Gasteiger partial charge < -0.3 is 13.9 Å². The first-order chi connectivity index (χ1) is 15.5. The lowest BCUT2D eigenvalue weighted by molar-refractivity contribution is 0.101. The van der Waals surface area contributed by atoms with Crippen molar-refractivity contribution >= 4 is 14.1 Å². The van der Waals surface area contributed by atoms with Crippen LogP contribution in [0.2, 0.25) is 18.1 Å². The van der Waals surface area contributed by atoms with Crippen molar-refractivity contribution in [1.82, 2.24) is 9.55 Å². The van der Waals surface area contributed by atoms with Gasteiger partial charge in [-0.15, -0.1) is 0 Å². The van der Waals surface area contributed by atoms with Crippen LogP contribution < -0.4 is 9.47 Å². The molecule has 0 saturated carbocycles. The Balaban J connectivity index is 1.74. The molecule has 7 heteroatoms. The van der Waals surface area contributed by atoms with Gasteiger partial charge >= 0.3 is 0 Å². The highest BCUT2D eigenvalue weighted by atomic mass is 28.4. The number of rotatable bonds is 9. The van der Waals surface area contributed by atoms with Crippen LogP contribution >= 0.6 is 0 Å². The number of imidazole rings is 1. The van der Waals surface area contributed by atoms with Crippen molar-refractivity contribution in [1.29, 1.82) is 0 Å². The third-order valence-electron chi connectivity index (χ3n) is 6.15. The highest BCUT2D eigenvalue weighted by Crippen LogP contribution is 2.36. The van der Waals surface area contributed by atoms with E-state index >= 15 is 0 Å². The zero-order valence-electron chi connectivity index (χ0n) is 20.6. The van der Waals surface area contributed by atoms with Crippen LogP contribution in [0.4, 0.5) is 0 Å². The Morgan fingerprint density at radius 3 is 2.12 bits per heavy atom. The minimum Gasteiger partial charge on any atom is -0.497 e. The Morgan fingerprint density at radius 2 is 1.58 bits per heavy atom. The first-order valence-corrected chi connectivity index (χ1v) is 14.0. The fourth-order valence-corrected chi connectivity index (χ4v) is 4.09. The standard InChI is InChI=1S/C26H34N2O4Si/c1-19(29)24-18-28(25(27-24)20-8-12-22(30-5)13-9-20)21-10-14-23(15-11-21)31-16-17-32-33(6,7)26(2,3)4/h8-15,18H,16-17H2,1-7H3. The predicted octanol–water partition coefficient (Wildman–Crippen LogP) is 6.15. The number of carbonyl (C=O) groups excluding carboxylic acids is 1. The quantitative estimate of drug-likeness (QED) is 0.215. The summed E-state index contributed by atoms with van der Waals surface area (Å²) in [6, 6.07) is 15.4. The fourth-order valence-electron chi connectivity index (χ4n) is 3.07. The third kappa shape index (κ3) is 5.92. The van der Waals surface area contributed by atoms with Crippen molar-refractivity contribution in [3.63, 3.8) is 0 Å². The molecule has 0 aliphatic rings. The Hall–Kier alpha value is -2.90. The zero-order chi connectivity index (χ0) is 24.2. The Bertz CT molecular complexity index is 1080. The Kier molecular flexibility index (Phi) is 7.44. The largest absolute Gasteiger partial charge is 0.497 e. The van der Waals surface area contributed by atoms with E-state index in [1.165, 1.54) is 6.92 Å². The minimum absolute atomic E-state index is 0.0785. The second-order valence-electron chi connectivity index (χ2n) is 9.56. The molecule has 0 N–H and O–H groups in total. The van der Waals surface area contributed by atoms with E-state index in [1.807, 2.05) is 53.1 Å². The highest BCUT2D eigenvalue weighted by molar-refractivity contribution is 6.74. The van der Waals surface area contributed by atoms with Crippen LogP contribution in [0.25, 0.3) is 17.1 Å². The van der Waals surface area contributed by atoms with Crippen LogP contribution in [0, 0.1) is 0 Å². The molecular formula is C26H34N2O4Si. The number of hydrogen-bond donors (Lipinski definition) is 0. The smallest absolute Gasteiger partial charge is 0.192 e. The molecule has 1 aromatic heterocycles. The number of aromatic nitrogens is 2. The van der Waals surface area contributed by atoms with E-state index in [0.29, 0.717) is 24.7 Å². The molecule has 0 bridgehead atoms. The van der Waals surface area contributed by atoms with Gasteiger partial charge in [0, 0.05) is 24.4 Å². The fraction of sp³-hybridized carbons (Fsp3) is 0.385. The lowest BCUT2D eigenvalue weighted by Gasteiger charge is -2.36. The average Bonchev–Trinajstić information content (AvgIpc) is 3.22. The molecule has 0 radical (unpaired) electrons. The molecular weight excluding hydrogens is 432 g/mol. The summed E-state index contributed by atoms with van der Waals surface area (Å²) in [5.41, 5.74) is 2.21. The summed E-state index contributed by atoms with van der Waals surface area (Å²) in [5.74, 6) is 2.16. The van der Waals surface area contributed by atoms with Crippen LogP contribution in [0.3, 0.4) is 0 Å². The summed E-state index contributed by atoms with van der Waals surface area (Å²) in [4.78, 5) is 16.5. The van der Waals surface area contributed by atoms with Crippen LogP contribution in [0.5, 0.6) is 11.5 Å². The van der Waals surface area contributed by atoms with Crippen LogP contribution in [-0.4, -0.2) is 44.0 Å². The van der Waals surface area contributed by atoms with E-state index in [-0.39, 0.29) is 10.8 Å². The molecule has 176 valence electrons. The van der Waals surface area contributed by atoms with Crippen molar-refractivity contribution in [2.24, 2.45) is 0 Å². The molecule has 6 nitrogen and oxygen atoms in total. The number of ether oxygens (including phenoxy) is 2. The maximum atomic E-state index is 12.0. The number of Topliss-reactive ketones (excluding diaryl/α,β-unsaturated/α-hetero) is 1. The normalized spacial score (nSPS) is 12.0. The molecule has 33 heavy (non-hydrogen) atoms. The van der Waals surface area contributed by atoms with Gasteiger partial charge in [-0.2, -0.15) is 0 Å². The average molecular weight is 467 g/mol. The van der Waals surface area contributed by atoms with Crippen molar-refractivity contribution in [3.8, 4) is 28.6 Å². The highest BCUT2D eigenvalue weighted by Gasteiger charge is 2.36. The number of methoxy groups -OCH3 is 1. The van der Waals surface area contributed by atoms with E-state index in [2.05, 4.69) is 38.8 Å². The summed E-state index contributed by atoms with van der Waals surface area (Å²) in [7, 11) is -0.142. The van der Waals surface area contributed by atoms with Gasteiger partial charge in [0.25, 0.3) is 0 Å². The number of benzene rings is 2. The third-order valence-corrected chi connectivity index (χ3v) is 10.7. The molecule has 3 aromatic rings. The number of hydrogen-bond acceptors (Lipinski definition) is 5. The van der Waals surface area contributed by atoms with Gasteiger partial charge in [-0.05, 0) is 66.7 Å². The molecule has 3 rings (SSSR count). The first kappa shape index (κ1) is 24.7. The topological polar surface area (TPSA) is 62.6 Å². The van der Waals surface area contributed by atoms with Crippen LogP contribution in [0.15, 0.2) is 54.7 Å². The SMILES string of the molecule is COc1ccc(-c2nc(C(C)=O)cn2-c2ccc(OCCO[Si](C)(C)C(C)(C)C)cc2)cc1. The number of carbonyl (C=O) groups is 1. The summed E-state index contributed by atoms with van der Waals surface area (Å²) in [6.45, 7) is 13.8. The molecule has 0 atom stereocenters. The van der Waals surface area contributed by atoms with Gasteiger partial charge in [0.2, 0.25) is 0 Å². The second kappa shape index (κ2) is 9.93. The lowest BCUT2D eigenvalue weighted by atomic mass is 10.2.